The maximum Gasteiger partial charge on any atom is 0.217 e. The van der Waals surface area contributed by atoms with E-state index >= 15 is 0 Å². The van der Waals surface area contributed by atoms with Gasteiger partial charge in [0.25, 0.3) is 0 Å². The van der Waals surface area contributed by atoms with E-state index in [1.54, 1.807) is 10.5 Å². The minimum Gasteiger partial charge on any atom is -0.367 e. The van der Waals surface area contributed by atoms with Gasteiger partial charge in [0.1, 0.15) is 11.9 Å². The average Bonchev–Trinajstić information content (AvgIpc) is 3.27. The van der Waals surface area contributed by atoms with E-state index in [1.807, 2.05) is 13.0 Å². The van der Waals surface area contributed by atoms with Crippen molar-refractivity contribution in [3.8, 4) is 0 Å². The van der Waals surface area contributed by atoms with Crippen LogP contribution in [-0.4, -0.2) is 47.1 Å². The lowest BCUT2D eigenvalue weighted by atomic mass is 9.92. The van der Waals surface area contributed by atoms with Crippen molar-refractivity contribution in [1.29, 1.82) is 0 Å². The Morgan fingerprint density at radius 3 is 2.86 bits per heavy atom. The van der Waals surface area contributed by atoms with Crippen LogP contribution in [0.4, 0.5) is 0 Å². The van der Waals surface area contributed by atoms with Crippen molar-refractivity contribution in [3.63, 3.8) is 0 Å². The van der Waals surface area contributed by atoms with Gasteiger partial charge in [-0.3, -0.25) is 0 Å². The molecule has 0 aromatic carbocycles. The van der Waals surface area contributed by atoms with Crippen LogP contribution in [0, 0.1) is 12.8 Å². The normalized spacial score (nSPS) is 32.9. The predicted molar refractivity (Wildman–Crippen MR) is 80.6 cm³/mol. The minimum atomic E-state index is -3.09. The van der Waals surface area contributed by atoms with Gasteiger partial charge in [-0.1, -0.05) is 0 Å². The van der Waals surface area contributed by atoms with Gasteiger partial charge in [0, 0.05) is 19.3 Å². The molecule has 2 aliphatic heterocycles. The van der Waals surface area contributed by atoms with Gasteiger partial charge in [-0.15, -0.1) is 0 Å². The number of fused-ring (bicyclic) bond motifs is 1. The summed E-state index contributed by atoms with van der Waals surface area (Å²) in [6.07, 6.45) is 5.18. The molecular formula is C15H21N3O3S. The Hall–Kier alpha value is -1.05. The lowest BCUT2D eigenvalue weighted by Gasteiger charge is -2.33. The van der Waals surface area contributed by atoms with Gasteiger partial charge in [-0.05, 0) is 44.6 Å². The van der Waals surface area contributed by atoms with Crippen LogP contribution < -0.4 is 0 Å². The molecule has 3 fully saturated rings. The molecule has 0 N–H and O–H groups in total. The Labute approximate surface area is 131 Å². The van der Waals surface area contributed by atoms with E-state index in [1.165, 1.54) is 0 Å². The average molecular weight is 323 g/mol. The number of aromatic nitrogens is 2. The van der Waals surface area contributed by atoms with Crippen LogP contribution in [0.3, 0.4) is 0 Å². The van der Waals surface area contributed by atoms with Gasteiger partial charge in [0.15, 0.2) is 0 Å². The number of sulfonamides is 1. The molecule has 3 aliphatic rings. The van der Waals surface area contributed by atoms with E-state index in [9.17, 15) is 8.42 Å². The first kappa shape index (κ1) is 14.5. The summed E-state index contributed by atoms with van der Waals surface area (Å²) in [5, 5.41) is -0.134. The van der Waals surface area contributed by atoms with E-state index in [2.05, 4.69) is 9.97 Å². The van der Waals surface area contributed by atoms with Crippen LogP contribution in [0.5, 0.6) is 0 Å². The number of hydrogen-bond acceptors (Lipinski definition) is 5. The molecule has 0 spiro atoms. The van der Waals surface area contributed by atoms with Gasteiger partial charge in [-0.2, -0.15) is 4.31 Å². The van der Waals surface area contributed by atoms with E-state index in [-0.39, 0.29) is 17.5 Å². The van der Waals surface area contributed by atoms with Gasteiger partial charge < -0.3 is 4.74 Å². The number of hydrogen-bond donors (Lipinski definition) is 0. The quantitative estimate of drug-likeness (QED) is 0.841. The molecule has 4 rings (SSSR count). The van der Waals surface area contributed by atoms with Crippen molar-refractivity contribution in [2.45, 2.75) is 50.1 Å². The van der Waals surface area contributed by atoms with Crippen LogP contribution in [0.2, 0.25) is 0 Å². The predicted octanol–water partition coefficient (Wildman–Crippen LogP) is 1.43. The molecule has 1 saturated carbocycles. The van der Waals surface area contributed by atoms with E-state index in [4.69, 9.17) is 4.74 Å². The highest BCUT2D eigenvalue weighted by molar-refractivity contribution is 7.90. The zero-order chi connectivity index (χ0) is 15.3. The molecule has 7 heteroatoms. The highest BCUT2D eigenvalue weighted by Gasteiger charge is 2.46. The molecule has 3 heterocycles. The standard InChI is InChI=1S/C15H21N3O3S/c1-10-16-6-4-13(17-10)14-8-11-5-7-18(9-15(11)21-14)22(19,20)12-2-3-12/h4,6,11-12,14-15H,2-3,5,7-9H2,1H3/t11-,14-,15+/m0/s1. The summed E-state index contributed by atoms with van der Waals surface area (Å²) in [6, 6.07) is 1.90. The van der Waals surface area contributed by atoms with E-state index < -0.39 is 10.0 Å². The molecule has 6 nitrogen and oxygen atoms in total. The van der Waals surface area contributed by atoms with Crippen LogP contribution in [-0.2, 0) is 14.8 Å². The fourth-order valence-corrected chi connectivity index (χ4v) is 5.42. The summed E-state index contributed by atoms with van der Waals surface area (Å²) >= 11 is 0. The summed E-state index contributed by atoms with van der Waals surface area (Å²) in [5.74, 6) is 1.18. The first-order chi connectivity index (χ1) is 10.5. The minimum absolute atomic E-state index is 0.00236. The lowest BCUT2D eigenvalue weighted by molar-refractivity contribution is 0.00852. The Morgan fingerprint density at radius 2 is 2.14 bits per heavy atom. The van der Waals surface area contributed by atoms with Crippen molar-refractivity contribution in [2.24, 2.45) is 5.92 Å². The number of rotatable bonds is 3. The first-order valence-corrected chi connectivity index (χ1v) is 9.48. The fourth-order valence-electron chi connectivity index (χ4n) is 3.55. The molecule has 0 unspecified atom stereocenters. The summed E-state index contributed by atoms with van der Waals surface area (Å²) in [7, 11) is -3.09. The summed E-state index contributed by atoms with van der Waals surface area (Å²) in [4.78, 5) is 8.57. The molecule has 1 aromatic heterocycles. The fraction of sp³-hybridized carbons (Fsp3) is 0.733. The third-order valence-electron chi connectivity index (χ3n) is 4.95. The smallest absolute Gasteiger partial charge is 0.217 e. The maximum atomic E-state index is 12.4. The zero-order valence-corrected chi connectivity index (χ0v) is 13.5. The maximum absolute atomic E-state index is 12.4. The molecule has 0 bridgehead atoms. The molecule has 1 aromatic rings. The SMILES string of the molecule is Cc1nccc([C@@H]2C[C@@H]3CCN(S(=O)(=O)C4CC4)C[C@H]3O2)n1. The Balaban J connectivity index is 1.48. The van der Waals surface area contributed by atoms with Crippen LogP contribution >= 0.6 is 0 Å². The molecule has 120 valence electrons. The number of piperidine rings is 1. The van der Waals surface area contributed by atoms with Crippen LogP contribution in [0.25, 0.3) is 0 Å². The van der Waals surface area contributed by atoms with Gasteiger partial charge in [0.2, 0.25) is 10.0 Å². The van der Waals surface area contributed by atoms with E-state index in [0.29, 0.717) is 19.0 Å². The Bertz CT molecular complexity index is 674. The van der Waals surface area contributed by atoms with Crippen molar-refractivity contribution in [1.82, 2.24) is 14.3 Å². The van der Waals surface area contributed by atoms with Crippen molar-refractivity contribution >= 4 is 10.0 Å². The van der Waals surface area contributed by atoms with Gasteiger partial charge >= 0.3 is 0 Å². The highest BCUT2D eigenvalue weighted by Crippen LogP contribution is 2.42. The molecular weight excluding hydrogens is 302 g/mol. The largest absolute Gasteiger partial charge is 0.367 e. The summed E-state index contributed by atoms with van der Waals surface area (Å²) in [5.41, 5.74) is 0.915. The number of ether oxygens (including phenoxy) is 1. The molecule has 2 saturated heterocycles. The van der Waals surface area contributed by atoms with Crippen molar-refractivity contribution in [2.75, 3.05) is 13.1 Å². The van der Waals surface area contributed by atoms with Crippen molar-refractivity contribution in [3.05, 3.63) is 23.8 Å². The second-order valence-corrected chi connectivity index (χ2v) is 8.79. The number of aryl methyl sites for hydroxylation is 1. The number of nitrogens with zero attached hydrogens (tertiary/aromatic N) is 3. The monoisotopic (exact) mass is 323 g/mol. The van der Waals surface area contributed by atoms with Crippen LogP contribution in [0.15, 0.2) is 12.3 Å². The second-order valence-electron chi connectivity index (χ2n) is 6.58. The molecule has 0 amide bonds. The topological polar surface area (TPSA) is 72.4 Å². The van der Waals surface area contributed by atoms with Crippen LogP contribution in [0.1, 0.15) is 43.3 Å². The molecule has 0 radical (unpaired) electrons. The summed E-state index contributed by atoms with van der Waals surface area (Å²) < 4.78 is 32.6. The molecule has 22 heavy (non-hydrogen) atoms. The van der Waals surface area contributed by atoms with E-state index in [0.717, 1.165) is 37.2 Å². The van der Waals surface area contributed by atoms with Gasteiger partial charge in [-0.25, -0.2) is 18.4 Å². The van der Waals surface area contributed by atoms with Crippen molar-refractivity contribution < 1.29 is 13.2 Å². The third-order valence-corrected chi connectivity index (χ3v) is 7.31. The molecule has 1 aliphatic carbocycles. The second kappa shape index (κ2) is 5.25. The molecule has 3 atom stereocenters. The van der Waals surface area contributed by atoms with Gasteiger partial charge in [0.05, 0.1) is 17.0 Å². The highest BCUT2D eigenvalue weighted by atomic mass is 32.2. The Kier molecular flexibility index (Phi) is 3.47. The lowest BCUT2D eigenvalue weighted by Crippen LogP contribution is -2.46. The third kappa shape index (κ3) is 2.55. The summed E-state index contributed by atoms with van der Waals surface area (Å²) in [6.45, 7) is 3.01. The Morgan fingerprint density at radius 1 is 1.32 bits per heavy atom. The zero-order valence-electron chi connectivity index (χ0n) is 12.7. The first-order valence-electron chi connectivity index (χ1n) is 7.98.